The number of anilines is 1. The zero-order valence-electron chi connectivity index (χ0n) is 11.6. The lowest BCUT2D eigenvalue weighted by Crippen LogP contribution is -2.19. The molecular formula is C14H15N3O4. The summed E-state index contributed by atoms with van der Waals surface area (Å²) in [6.07, 6.45) is 1.35. The first-order valence-electron chi connectivity index (χ1n) is 6.08. The second-order valence-electron chi connectivity index (χ2n) is 4.27. The van der Waals surface area contributed by atoms with Crippen LogP contribution in [0.4, 0.5) is 5.69 Å². The van der Waals surface area contributed by atoms with E-state index < -0.39 is 0 Å². The van der Waals surface area contributed by atoms with Crippen LogP contribution in [0.3, 0.4) is 0 Å². The number of rotatable bonds is 4. The van der Waals surface area contributed by atoms with Gasteiger partial charge in [-0.15, -0.1) is 0 Å². The fourth-order valence-electron chi connectivity index (χ4n) is 1.85. The van der Waals surface area contributed by atoms with Crippen molar-refractivity contribution in [2.45, 2.75) is 6.92 Å². The van der Waals surface area contributed by atoms with Crippen LogP contribution in [-0.2, 0) is 0 Å². The summed E-state index contributed by atoms with van der Waals surface area (Å²) in [6, 6.07) is 6.54. The number of carbonyl (C=O) groups excluding carboxylic acids is 1. The number of nitrogens with two attached hydrogens (primary N) is 1. The summed E-state index contributed by atoms with van der Waals surface area (Å²) in [5, 5.41) is 14.5. The molecule has 7 nitrogen and oxygen atoms in total. The zero-order chi connectivity index (χ0) is 15.4. The molecule has 1 aromatic carbocycles. The second-order valence-corrected chi connectivity index (χ2v) is 4.27. The maximum Gasteiger partial charge on any atom is 0.259 e. The van der Waals surface area contributed by atoms with Crippen LogP contribution in [-0.4, -0.2) is 24.1 Å². The number of nitrogens with one attached hydrogen (secondary N) is 1. The number of nitrogens with zero attached hydrogens (tertiary/aromatic N) is 1. The molecule has 4 N–H and O–H groups in total. The largest absolute Gasteiger partial charge is 0.495 e. The number of benzene rings is 1. The molecule has 1 amide bonds. The van der Waals surface area contributed by atoms with Crippen molar-refractivity contribution in [2.75, 3.05) is 12.4 Å². The Balaban J connectivity index is 2.40. The van der Waals surface area contributed by atoms with Crippen LogP contribution in [0.15, 0.2) is 40.1 Å². The summed E-state index contributed by atoms with van der Waals surface area (Å²) in [4.78, 5) is 12.2. The van der Waals surface area contributed by atoms with Crippen molar-refractivity contribution in [3.05, 3.63) is 47.4 Å². The molecule has 110 valence electrons. The average Bonchev–Trinajstić information content (AvgIpc) is 2.93. The Labute approximate surface area is 121 Å². The van der Waals surface area contributed by atoms with E-state index in [1.807, 2.05) is 0 Å². The van der Waals surface area contributed by atoms with E-state index in [1.165, 1.54) is 13.4 Å². The molecule has 1 aromatic heterocycles. The van der Waals surface area contributed by atoms with Crippen molar-refractivity contribution >= 4 is 17.4 Å². The van der Waals surface area contributed by atoms with Crippen LogP contribution in [0, 0.1) is 6.92 Å². The Hall–Kier alpha value is -2.96. The van der Waals surface area contributed by atoms with Gasteiger partial charge in [0.2, 0.25) is 0 Å². The van der Waals surface area contributed by atoms with Gasteiger partial charge in [-0.1, -0.05) is 11.2 Å². The lowest BCUT2D eigenvalue weighted by Gasteiger charge is -2.13. The Morgan fingerprint density at radius 2 is 2.24 bits per heavy atom. The number of hydrogen-bond donors (Lipinski definition) is 3. The summed E-state index contributed by atoms with van der Waals surface area (Å²) in [6.45, 7) is 1.74. The average molecular weight is 289 g/mol. The first-order valence-corrected chi connectivity index (χ1v) is 6.08. The van der Waals surface area contributed by atoms with Gasteiger partial charge in [0.15, 0.2) is 5.84 Å². The lowest BCUT2D eigenvalue weighted by atomic mass is 10.1. The van der Waals surface area contributed by atoms with Gasteiger partial charge in [-0.2, -0.15) is 0 Å². The SMILES string of the molecule is COc1cccc(/C(N)=N/O)c1NC(=O)c1coc(C)c1. The fourth-order valence-corrected chi connectivity index (χ4v) is 1.85. The van der Waals surface area contributed by atoms with Gasteiger partial charge in [0, 0.05) is 5.56 Å². The highest BCUT2D eigenvalue weighted by molar-refractivity contribution is 6.11. The van der Waals surface area contributed by atoms with Gasteiger partial charge in [-0.3, -0.25) is 4.79 Å². The maximum atomic E-state index is 12.2. The number of methoxy groups -OCH3 is 1. The predicted octanol–water partition coefficient (Wildman–Crippen LogP) is 1.94. The molecule has 0 aliphatic heterocycles. The minimum Gasteiger partial charge on any atom is -0.495 e. The van der Waals surface area contributed by atoms with E-state index in [0.717, 1.165) is 0 Å². The van der Waals surface area contributed by atoms with E-state index in [4.69, 9.17) is 20.1 Å². The molecule has 0 aliphatic carbocycles. The van der Waals surface area contributed by atoms with Gasteiger partial charge < -0.3 is 25.4 Å². The van der Waals surface area contributed by atoms with Gasteiger partial charge in [0.05, 0.1) is 18.4 Å². The third-order valence-corrected chi connectivity index (χ3v) is 2.86. The Bertz CT molecular complexity index is 691. The molecular weight excluding hydrogens is 274 g/mol. The van der Waals surface area contributed by atoms with Crippen LogP contribution in [0.25, 0.3) is 0 Å². The number of carbonyl (C=O) groups is 1. The molecule has 0 bridgehead atoms. The molecule has 0 saturated heterocycles. The second kappa shape index (κ2) is 6.00. The fraction of sp³-hybridized carbons (Fsp3) is 0.143. The van der Waals surface area contributed by atoms with Crippen LogP contribution < -0.4 is 15.8 Å². The number of amides is 1. The number of amidine groups is 1. The molecule has 1 heterocycles. The zero-order valence-corrected chi connectivity index (χ0v) is 11.6. The predicted molar refractivity (Wildman–Crippen MR) is 76.9 cm³/mol. The third-order valence-electron chi connectivity index (χ3n) is 2.86. The quantitative estimate of drug-likeness (QED) is 0.345. The Morgan fingerprint density at radius 1 is 1.48 bits per heavy atom. The molecule has 0 radical (unpaired) electrons. The van der Waals surface area contributed by atoms with Gasteiger partial charge in [0.1, 0.15) is 17.8 Å². The molecule has 0 fully saturated rings. The highest BCUT2D eigenvalue weighted by atomic mass is 16.5. The highest BCUT2D eigenvalue weighted by Gasteiger charge is 2.17. The highest BCUT2D eigenvalue weighted by Crippen LogP contribution is 2.29. The number of ether oxygens (including phenoxy) is 1. The Kier molecular flexibility index (Phi) is 4.13. The molecule has 2 aromatic rings. The van der Waals surface area contributed by atoms with E-state index >= 15 is 0 Å². The summed E-state index contributed by atoms with van der Waals surface area (Å²) in [7, 11) is 1.46. The van der Waals surface area contributed by atoms with Gasteiger partial charge >= 0.3 is 0 Å². The number of furan rings is 1. The lowest BCUT2D eigenvalue weighted by molar-refractivity contribution is 0.102. The van der Waals surface area contributed by atoms with E-state index in [9.17, 15) is 4.79 Å². The van der Waals surface area contributed by atoms with E-state index in [-0.39, 0.29) is 11.7 Å². The molecule has 0 spiro atoms. The van der Waals surface area contributed by atoms with Gasteiger partial charge in [-0.25, -0.2) is 0 Å². The standard InChI is InChI=1S/C14H15N3O4/c1-8-6-9(7-21-8)14(18)16-12-10(13(15)17-19)4-3-5-11(12)20-2/h3-7,19H,1-2H3,(H2,15,17)(H,16,18). The number of aryl methyl sites for hydroxylation is 1. The number of oxime groups is 1. The van der Waals surface area contributed by atoms with Crippen molar-refractivity contribution < 1.29 is 19.2 Å². The molecule has 0 aliphatic rings. The topological polar surface area (TPSA) is 110 Å². The van der Waals surface area contributed by atoms with Crippen LogP contribution >= 0.6 is 0 Å². The van der Waals surface area contributed by atoms with Crippen molar-refractivity contribution in [3.63, 3.8) is 0 Å². The first-order chi connectivity index (χ1) is 10.1. The van der Waals surface area contributed by atoms with Crippen molar-refractivity contribution in [2.24, 2.45) is 10.9 Å². The summed E-state index contributed by atoms with van der Waals surface area (Å²) in [5.74, 6) is 0.500. The Morgan fingerprint density at radius 3 is 2.81 bits per heavy atom. The van der Waals surface area contributed by atoms with Gasteiger partial charge in [-0.05, 0) is 25.1 Å². The van der Waals surface area contributed by atoms with Crippen LogP contribution in [0.5, 0.6) is 5.75 Å². The van der Waals surface area contributed by atoms with Crippen molar-refractivity contribution in [1.82, 2.24) is 0 Å². The first kappa shape index (κ1) is 14.4. The minimum atomic E-state index is -0.386. The molecule has 0 unspecified atom stereocenters. The molecule has 2 rings (SSSR count). The summed E-state index contributed by atoms with van der Waals surface area (Å²) >= 11 is 0. The molecule has 21 heavy (non-hydrogen) atoms. The van der Waals surface area contributed by atoms with Crippen molar-refractivity contribution in [3.8, 4) is 5.75 Å². The number of para-hydroxylation sites is 1. The maximum absolute atomic E-state index is 12.2. The van der Waals surface area contributed by atoms with Gasteiger partial charge in [0.25, 0.3) is 5.91 Å². The van der Waals surface area contributed by atoms with E-state index in [2.05, 4.69) is 10.5 Å². The minimum absolute atomic E-state index is 0.132. The van der Waals surface area contributed by atoms with Crippen molar-refractivity contribution in [1.29, 1.82) is 0 Å². The molecule has 0 saturated carbocycles. The summed E-state index contributed by atoms with van der Waals surface area (Å²) < 4.78 is 10.3. The number of hydrogen-bond acceptors (Lipinski definition) is 5. The summed E-state index contributed by atoms with van der Waals surface area (Å²) in [5.41, 5.74) is 6.65. The molecule has 0 atom stereocenters. The van der Waals surface area contributed by atoms with Crippen LogP contribution in [0.1, 0.15) is 21.7 Å². The molecule has 7 heteroatoms. The normalized spacial score (nSPS) is 11.2. The van der Waals surface area contributed by atoms with Crippen LogP contribution in [0.2, 0.25) is 0 Å². The van der Waals surface area contributed by atoms with E-state index in [1.54, 1.807) is 31.2 Å². The monoisotopic (exact) mass is 289 g/mol. The third kappa shape index (κ3) is 2.97. The van der Waals surface area contributed by atoms with E-state index in [0.29, 0.717) is 28.3 Å². The smallest absolute Gasteiger partial charge is 0.259 e.